The van der Waals surface area contributed by atoms with Gasteiger partial charge >= 0.3 is 5.69 Å². The van der Waals surface area contributed by atoms with Crippen LogP contribution in [0, 0.1) is 0 Å². The highest BCUT2D eigenvalue weighted by molar-refractivity contribution is 9.10. The quantitative estimate of drug-likeness (QED) is 0.792. The van der Waals surface area contributed by atoms with Gasteiger partial charge in [-0.1, -0.05) is 12.1 Å². The molecule has 92 valence electrons. The summed E-state index contributed by atoms with van der Waals surface area (Å²) in [5.41, 5.74) is 2.49. The Hall–Kier alpha value is -1.66. The summed E-state index contributed by atoms with van der Waals surface area (Å²) in [6, 6.07) is 7.74. The second kappa shape index (κ2) is 4.55. The van der Waals surface area contributed by atoms with Crippen LogP contribution in [-0.4, -0.2) is 9.97 Å². The maximum atomic E-state index is 11.5. The summed E-state index contributed by atoms with van der Waals surface area (Å²) < 4.78 is 0.937. The summed E-state index contributed by atoms with van der Waals surface area (Å²) in [7, 11) is 0. The number of fused-ring (bicyclic) bond motifs is 1. The van der Waals surface area contributed by atoms with Gasteiger partial charge in [-0.2, -0.15) is 4.98 Å². The molecule has 0 radical (unpaired) electrons. The number of aromatic amines is 1. The van der Waals surface area contributed by atoms with Crippen LogP contribution < -0.4 is 16.3 Å². The lowest BCUT2D eigenvalue weighted by atomic mass is 10.2. The maximum absolute atomic E-state index is 11.5. The predicted molar refractivity (Wildman–Crippen MR) is 72.8 cm³/mol. The van der Waals surface area contributed by atoms with Crippen LogP contribution in [0.4, 0.5) is 11.5 Å². The molecule has 0 aliphatic carbocycles. The van der Waals surface area contributed by atoms with E-state index in [0.717, 1.165) is 21.4 Å². The maximum Gasteiger partial charge on any atom is 0.347 e. The molecule has 2 aromatic rings. The van der Waals surface area contributed by atoms with Crippen molar-refractivity contribution in [2.45, 2.75) is 13.1 Å². The Labute approximate surface area is 112 Å². The minimum Gasteiger partial charge on any atom is -0.339 e. The number of rotatable bonds is 2. The third-order valence-corrected chi connectivity index (χ3v) is 3.54. The fourth-order valence-electron chi connectivity index (χ4n) is 1.99. The van der Waals surface area contributed by atoms with E-state index in [1.165, 1.54) is 0 Å². The first-order valence-electron chi connectivity index (χ1n) is 5.58. The van der Waals surface area contributed by atoms with Crippen molar-refractivity contribution in [1.29, 1.82) is 0 Å². The van der Waals surface area contributed by atoms with Crippen LogP contribution in [-0.2, 0) is 13.1 Å². The Balaban J connectivity index is 2.04. The molecule has 0 bridgehead atoms. The van der Waals surface area contributed by atoms with Crippen molar-refractivity contribution in [1.82, 2.24) is 15.3 Å². The summed E-state index contributed by atoms with van der Waals surface area (Å²) in [5.74, 6) is 0.616. The van der Waals surface area contributed by atoms with E-state index in [9.17, 15) is 4.79 Å². The first kappa shape index (κ1) is 11.4. The number of halogens is 1. The highest BCUT2D eigenvalue weighted by atomic mass is 79.9. The Morgan fingerprint density at radius 1 is 1.28 bits per heavy atom. The molecule has 0 amide bonds. The molecule has 1 aliphatic rings. The van der Waals surface area contributed by atoms with Crippen molar-refractivity contribution in [2.75, 3.05) is 5.32 Å². The number of nitrogens with one attached hydrogen (secondary N) is 3. The van der Waals surface area contributed by atoms with Crippen LogP contribution >= 0.6 is 15.9 Å². The molecule has 3 rings (SSSR count). The summed E-state index contributed by atoms with van der Waals surface area (Å²) in [5, 5.41) is 6.39. The second-order valence-electron chi connectivity index (χ2n) is 4.06. The Morgan fingerprint density at radius 3 is 2.94 bits per heavy atom. The molecule has 0 fully saturated rings. The number of benzene rings is 1. The minimum absolute atomic E-state index is 0.327. The molecule has 1 aliphatic heterocycles. The van der Waals surface area contributed by atoms with Gasteiger partial charge < -0.3 is 15.6 Å². The van der Waals surface area contributed by atoms with Crippen LogP contribution in [0.3, 0.4) is 0 Å². The lowest BCUT2D eigenvalue weighted by molar-refractivity contribution is 0.757. The summed E-state index contributed by atoms with van der Waals surface area (Å²) in [6.45, 7) is 1.39. The Bertz CT molecular complexity index is 653. The highest BCUT2D eigenvalue weighted by Crippen LogP contribution is 2.27. The van der Waals surface area contributed by atoms with Gasteiger partial charge in [0.1, 0.15) is 5.82 Å². The van der Waals surface area contributed by atoms with Gasteiger partial charge in [0.05, 0.1) is 5.69 Å². The number of anilines is 2. The van der Waals surface area contributed by atoms with Crippen LogP contribution in [0.25, 0.3) is 0 Å². The monoisotopic (exact) mass is 306 g/mol. The van der Waals surface area contributed by atoms with Crippen molar-refractivity contribution in [3.8, 4) is 0 Å². The van der Waals surface area contributed by atoms with Gasteiger partial charge in [-0.25, -0.2) is 4.79 Å². The number of hydrogen-bond donors (Lipinski definition) is 3. The van der Waals surface area contributed by atoms with Gasteiger partial charge in [-0.3, -0.25) is 0 Å². The molecular formula is C12H11BrN4O. The van der Waals surface area contributed by atoms with E-state index in [1.807, 2.05) is 24.3 Å². The van der Waals surface area contributed by atoms with Gasteiger partial charge in [-0.15, -0.1) is 0 Å². The first-order chi connectivity index (χ1) is 8.74. The third-order valence-electron chi connectivity index (χ3n) is 2.85. The molecule has 0 atom stereocenters. The van der Waals surface area contributed by atoms with Crippen molar-refractivity contribution < 1.29 is 0 Å². The normalized spacial score (nSPS) is 13.4. The third kappa shape index (κ3) is 2.04. The largest absolute Gasteiger partial charge is 0.347 e. The lowest BCUT2D eigenvalue weighted by Crippen LogP contribution is -2.16. The Kier molecular flexibility index (Phi) is 2.89. The van der Waals surface area contributed by atoms with E-state index in [4.69, 9.17) is 0 Å². The van der Waals surface area contributed by atoms with Crippen LogP contribution in [0.15, 0.2) is 33.5 Å². The second-order valence-corrected chi connectivity index (χ2v) is 4.91. The van der Waals surface area contributed by atoms with E-state index >= 15 is 0 Å². The molecule has 5 nitrogen and oxygen atoms in total. The molecule has 3 N–H and O–H groups in total. The number of H-pyrrole nitrogens is 1. The van der Waals surface area contributed by atoms with E-state index in [2.05, 4.69) is 36.5 Å². The topological polar surface area (TPSA) is 69.8 Å². The van der Waals surface area contributed by atoms with E-state index in [-0.39, 0.29) is 5.69 Å². The van der Waals surface area contributed by atoms with Gasteiger partial charge in [0, 0.05) is 28.8 Å². The van der Waals surface area contributed by atoms with Crippen LogP contribution in [0.1, 0.15) is 11.3 Å². The molecule has 0 spiro atoms. The molecule has 0 saturated heterocycles. The van der Waals surface area contributed by atoms with E-state index in [1.54, 1.807) is 0 Å². The van der Waals surface area contributed by atoms with Gasteiger partial charge in [-0.05, 0) is 28.1 Å². The molecule has 1 aromatic carbocycles. The number of hydrogen-bond acceptors (Lipinski definition) is 4. The van der Waals surface area contributed by atoms with Gasteiger partial charge in [0.2, 0.25) is 0 Å². The summed E-state index contributed by atoms with van der Waals surface area (Å²) in [4.78, 5) is 18.2. The van der Waals surface area contributed by atoms with Crippen LogP contribution in [0.2, 0.25) is 0 Å². The number of nitrogens with zero attached hydrogens (tertiary/aromatic N) is 1. The smallest absolute Gasteiger partial charge is 0.339 e. The van der Waals surface area contributed by atoms with Crippen molar-refractivity contribution in [2.24, 2.45) is 0 Å². The molecule has 6 heteroatoms. The fraction of sp³-hybridized carbons (Fsp3) is 0.167. The molecule has 0 saturated carbocycles. The first-order valence-corrected chi connectivity index (χ1v) is 6.37. The molecule has 1 aromatic heterocycles. The molecule has 18 heavy (non-hydrogen) atoms. The van der Waals surface area contributed by atoms with Gasteiger partial charge in [0.25, 0.3) is 0 Å². The van der Waals surface area contributed by atoms with Gasteiger partial charge in [0.15, 0.2) is 0 Å². The fourth-order valence-corrected chi connectivity index (χ4v) is 2.38. The molecule has 2 heterocycles. The zero-order chi connectivity index (χ0) is 12.5. The lowest BCUT2D eigenvalue weighted by Gasteiger charge is -2.10. The van der Waals surface area contributed by atoms with Crippen molar-refractivity contribution in [3.63, 3.8) is 0 Å². The predicted octanol–water partition coefficient (Wildman–Crippen LogP) is 1.88. The van der Waals surface area contributed by atoms with E-state index in [0.29, 0.717) is 18.9 Å². The number of aromatic nitrogens is 2. The standard InChI is InChI=1S/C12H11BrN4O/c13-8-3-1-2-4-9(8)15-11-7-5-14-6-10(7)16-12(18)17-11/h1-4,14H,5-6H2,(H2,15,16,17,18). The SMILES string of the molecule is O=c1nc(Nc2ccccc2Br)c2c([nH]1)CNC2. The van der Waals surface area contributed by atoms with Crippen LogP contribution in [0.5, 0.6) is 0 Å². The summed E-state index contributed by atoms with van der Waals surface area (Å²) >= 11 is 3.46. The van der Waals surface area contributed by atoms with Crippen molar-refractivity contribution in [3.05, 3.63) is 50.5 Å². The molecule has 0 unspecified atom stereocenters. The molecular weight excluding hydrogens is 296 g/mol. The number of para-hydroxylation sites is 1. The van der Waals surface area contributed by atoms with Crippen molar-refractivity contribution >= 4 is 27.4 Å². The zero-order valence-corrected chi connectivity index (χ0v) is 11.0. The average molecular weight is 307 g/mol. The van der Waals surface area contributed by atoms with E-state index < -0.39 is 0 Å². The summed E-state index contributed by atoms with van der Waals surface area (Å²) in [6.07, 6.45) is 0. The zero-order valence-electron chi connectivity index (χ0n) is 9.46. The average Bonchev–Trinajstić information content (AvgIpc) is 2.80. The highest BCUT2D eigenvalue weighted by Gasteiger charge is 2.17. The Morgan fingerprint density at radius 2 is 2.11 bits per heavy atom. The minimum atomic E-state index is -0.327.